The zero-order valence-corrected chi connectivity index (χ0v) is 14.7. The van der Waals surface area contributed by atoms with Crippen LogP contribution in [0.15, 0.2) is 12.2 Å². The van der Waals surface area contributed by atoms with Gasteiger partial charge < -0.3 is 5.32 Å². The average Bonchev–Trinajstić information content (AvgIpc) is 2.11. The molecule has 0 saturated carbocycles. The summed E-state index contributed by atoms with van der Waals surface area (Å²) in [6, 6.07) is 0. The van der Waals surface area contributed by atoms with Crippen molar-refractivity contribution in [1.82, 2.24) is 10.4 Å². The molecule has 0 heterocycles. The molecule has 0 aromatic rings. The Morgan fingerprint density at radius 1 is 1.10 bits per heavy atom. The average molecular weight is 284 g/mol. The second kappa shape index (κ2) is 6.27. The molecule has 0 rings (SSSR count). The summed E-state index contributed by atoms with van der Waals surface area (Å²) in [5, 5.41) is 4.78. The van der Waals surface area contributed by atoms with Crippen LogP contribution in [0.3, 0.4) is 0 Å². The highest BCUT2D eigenvalue weighted by atomic mass is 16.7. The monoisotopic (exact) mass is 284 g/mol. The highest BCUT2D eigenvalue weighted by Crippen LogP contribution is 2.26. The number of amides is 1. The summed E-state index contributed by atoms with van der Waals surface area (Å²) in [5.41, 5.74) is -0.423. The van der Waals surface area contributed by atoms with Crippen molar-refractivity contribution in [2.24, 2.45) is 0 Å². The van der Waals surface area contributed by atoms with Crippen molar-refractivity contribution in [3.05, 3.63) is 12.2 Å². The molecule has 0 aromatic carbocycles. The Balaban J connectivity index is 5.22. The molecule has 20 heavy (non-hydrogen) atoms. The first kappa shape index (κ1) is 19.1. The number of hydrogen-bond acceptors (Lipinski definition) is 3. The van der Waals surface area contributed by atoms with Crippen LogP contribution in [0.25, 0.3) is 0 Å². The lowest BCUT2D eigenvalue weighted by Gasteiger charge is -2.45. The summed E-state index contributed by atoms with van der Waals surface area (Å²) in [7, 11) is 0. The fourth-order valence-corrected chi connectivity index (χ4v) is 1.95. The maximum Gasteiger partial charge on any atom is 0.242 e. The minimum absolute atomic E-state index is 0.0540. The Labute approximate surface area is 124 Å². The minimum Gasteiger partial charge on any atom is -0.350 e. The predicted octanol–water partition coefficient (Wildman–Crippen LogP) is 3.29. The standard InChI is InChI=1S/C16H32N2O2/c1-12(2)11-20-18(15(6,7)8)16(9,10)13(19)17-14(3,4)5/h1,11H2,2-10H3,(H,17,19). The van der Waals surface area contributed by atoms with Crippen LogP contribution in [0, 0.1) is 0 Å². The third kappa shape index (κ3) is 6.06. The van der Waals surface area contributed by atoms with Gasteiger partial charge in [-0.15, -0.1) is 0 Å². The molecule has 118 valence electrons. The van der Waals surface area contributed by atoms with E-state index in [0.717, 1.165) is 5.57 Å². The van der Waals surface area contributed by atoms with Crippen molar-refractivity contribution >= 4 is 5.91 Å². The molecule has 0 atom stereocenters. The molecule has 0 radical (unpaired) electrons. The molecule has 0 aliphatic carbocycles. The first-order chi connectivity index (χ1) is 8.68. The van der Waals surface area contributed by atoms with Gasteiger partial charge in [0.1, 0.15) is 5.54 Å². The smallest absolute Gasteiger partial charge is 0.242 e. The van der Waals surface area contributed by atoms with Gasteiger partial charge in [-0.3, -0.25) is 9.63 Å². The van der Waals surface area contributed by atoms with E-state index < -0.39 is 5.54 Å². The molecular formula is C16H32N2O2. The first-order valence-corrected chi connectivity index (χ1v) is 7.08. The molecule has 1 amide bonds. The van der Waals surface area contributed by atoms with Crippen LogP contribution in [0.2, 0.25) is 0 Å². The van der Waals surface area contributed by atoms with Crippen molar-refractivity contribution < 1.29 is 9.63 Å². The summed E-state index contributed by atoms with van der Waals surface area (Å²) in [6.45, 7) is 21.9. The molecule has 0 aliphatic rings. The Morgan fingerprint density at radius 2 is 1.55 bits per heavy atom. The quantitative estimate of drug-likeness (QED) is 0.622. The van der Waals surface area contributed by atoms with Crippen LogP contribution >= 0.6 is 0 Å². The molecule has 4 heteroatoms. The third-order valence-corrected chi connectivity index (χ3v) is 2.60. The van der Waals surface area contributed by atoms with Crippen LogP contribution in [0.4, 0.5) is 0 Å². The van der Waals surface area contributed by atoms with E-state index in [1.807, 2.05) is 62.3 Å². The van der Waals surface area contributed by atoms with Gasteiger partial charge in [-0.1, -0.05) is 12.2 Å². The van der Waals surface area contributed by atoms with Gasteiger partial charge in [0.25, 0.3) is 0 Å². The summed E-state index contributed by atoms with van der Waals surface area (Å²) in [4.78, 5) is 18.4. The maximum absolute atomic E-state index is 12.6. The highest BCUT2D eigenvalue weighted by Gasteiger charge is 2.43. The maximum atomic E-state index is 12.6. The van der Waals surface area contributed by atoms with Crippen LogP contribution in [0.5, 0.6) is 0 Å². The molecule has 0 bridgehead atoms. The second-order valence-electron chi connectivity index (χ2n) is 7.96. The SMILES string of the molecule is C=C(C)CON(C(C)(C)C)C(C)(C)C(=O)NC(C)(C)C. The third-order valence-electron chi connectivity index (χ3n) is 2.60. The number of hydrogen-bond donors (Lipinski definition) is 1. The Bertz CT molecular complexity index is 360. The van der Waals surface area contributed by atoms with E-state index in [-0.39, 0.29) is 17.0 Å². The summed E-state index contributed by atoms with van der Waals surface area (Å²) < 4.78 is 0. The van der Waals surface area contributed by atoms with Gasteiger partial charge in [0.2, 0.25) is 5.91 Å². The van der Waals surface area contributed by atoms with Crippen molar-refractivity contribution in [2.75, 3.05) is 6.61 Å². The topological polar surface area (TPSA) is 41.6 Å². The number of rotatable bonds is 5. The van der Waals surface area contributed by atoms with E-state index in [4.69, 9.17) is 4.84 Å². The van der Waals surface area contributed by atoms with Gasteiger partial charge in [0.05, 0.1) is 6.61 Å². The molecule has 1 N–H and O–H groups in total. The van der Waals surface area contributed by atoms with Gasteiger partial charge in [-0.05, 0) is 62.3 Å². The van der Waals surface area contributed by atoms with Gasteiger partial charge in [0.15, 0.2) is 0 Å². The van der Waals surface area contributed by atoms with Gasteiger partial charge >= 0.3 is 0 Å². The molecule has 0 spiro atoms. The molecular weight excluding hydrogens is 252 g/mol. The Hall–Kier alpha value is -0.870. The molecule has 0 aliphatic heterocycles. The van der Waals surface area contributed by atoms with Crippen molar-refractivity contribution in [3.8, 4) is 0 Å². The molecule has 0 aromatic heterocycles. The lowest BCUT2D eigenvalue weighted by Crippen LogP contribution is -2.63. The zero-order chi connectivity index (χ0) is 16.4. The molecule has 0 saturated heterocycles. The number of nitrogens with one attached hydrogen (secondary N) is 1. The van der Waals surface area contributed by atoms with Crippen molar-refractivity contribution in [3.63, 3.8) is 0 Å². The lowest BCUT2D eigenvalue weighted by molar-refractivity contribution is -0.251. The van der Waals surface area contributed by atoms with Crippen LogP contribution in [0.1, 0.15) is 62.3 Å². The fraction of sp³-hybridized carbons (Fsp3) is 0.812. The largest absolute Gasteiger partial charge is 0.350 e. The highest BCUT2D eigenvalue weighted by molar-refractivity contribution is 5.85. The van der Waals surface area contributed by atoms with Crippen molar-refractivity contribution in [1.29, 1.82) is 0 Å². The van der Waals surface area contributed by atoms with E-state index >= 15 is 0 Å². The molecule has 0 unspecified atom stereocenters. The number of carbonyl (C=O) groups is 1. The van der Waals surface area contributed by atoms with Crippen LogP contribution in [-0.4, -0.2) is 34.2 Å². The predicted molar refractivity (Wildman–Crippen MR) is 84.3 cm³/mol. The molecule has 0 fully saturated rings. The van der Waals surface area contributed by atoms with E-state index in [2.05, 4.69) is 11.9 Å². The minimum atomic E-state index is -0.777. The summed E-state index contributed by atoms with van der Waals surface area (Å²) in [5.74, 6) is -0.0540. The lowest BCUT2D eigenvalue weighted by atomic mass is 9.95. The summed E-state index contributed by atoms with van der Waals surface area (Å²) >= 11 is 0. The van der Waals surface area contributed by atoms with E-state index in [1.165, 1.54) is 0 Å². The Morgan fingerprint density at radius 3 is 1.85 bits per heavy atom. The van der Waals surface area contributed by atoms with Crippen molar-refractivity contribution in [2.45, 2.75) is 78.9 Å². The van der Waals surface area contributed by atoms with Gasteiger partial charge in [-0.2, -0.15) is 5.06 Å². The number of nitrogens with zero attached hydrogens (tertiary/aromatic N) is 1. The molecule has 4 nitrogen and oxygen atoms in total. The zero-order valence-electron chi connectivity index (χ0n) is 14.7. The van der Waals surface area contributed by atoms with Gasteiger partial charge in [0, 0.05) is 11.1 Å². The van der Waals surface area contributed by atoms with E-state index in [9.17, 15) is 4.79 Å². The normalized spacial score (nSPS) is 13.5. The van der Waals surface area contributed by atoms with Crippen LogP contribution in [-0.2, 0) is 9.63 Å². The number of carbonyl (C=O) groups excluding carboxylic acids is 1. The van der Waals surface area contributed by atoms with E-state index in [0.29, 0.717) is 6.61 Å². The Kier molecular flexibility index (Phi) is 6.00. The summed E-state index contributed by atoms with van der Waals surface area (Å²) in [6.07, 6.45) is 0. The van der Waals surface area contributed by atoms with E-state index in [1.54, 1.807) is 5.06 Å². The van der Waals surface area contributed by atoms with Crippen LogP contribution < -0.4 is 5.32 Å². The number of hydroxylamine groups is 2. The second-order valence-corrected chi connectivity index (χ2v) is 7.96. The fourth-order valence-electron chi connectivity index (χ4n) is 1.95. The van der Waals surface area contributed by atoms with Gasteiger partial charge in [-0.25, -0.2) is 0 Å². The first-order valence-electron chi connectivity index (χ1n) is 7.08.